The molecular formula is C33H42FN5O3. The number of carbonyl (C=O) groups is 3. The van der Waals surface area contributed by atoms with Gasteiger partial charge in [-0.3, -0.25) is 19.0 Å². The summed E-state index contributed by atoms with van der Waals surface area (Å²) < 4.78 is 16.1. The van der Waals surface area contributed by atoms with Crippen molar-refractivity contribution in [2.75, 3.05) is 26.0 Å². The van der Waals surface area contributed by atoms with E-state index in [9.17, 15) is 18.8 Å². The Balaban J connectivity index is 1.49. The number of halogens is 1. The fourth-order valence-corrected chi connectivity index (χ4v) is 6.85. The van der Waals surface area contributed by atoms with Crippen molar-refractivity contribution in [3.05, 3.63) is 53.5 Å². The van der Waals surface area contributed by atoms with Gasteiger partial charge in [0.05, 0.1) is 17.6 Å². The molecule has 2 aliphatic rings. The summed E-state index contributed by atoms with van der Waals surface area (Å²) in [7, 11) is 3.75. The lowest BCUT2D eigenvalue weighted by Gasteiger charge is -2.36. The average molecular weight is 576 g/mol. The number of amides is 2. The van der Waals surface area contributed by atoms with Crippen LogP contribution < -0.4 is 16.4 Å². The zero-order valence-electron chi connectivity index (χ0n) is 25.1. The number of benzene rings is 2. The highest BCUT2D eigenvalue weighted by molar-refractivity contribution is 6.06. The molecule has 0 radical (unpaired) electrons. The summed E-state index contributed by atoms with van der Waals surface area (Å²) in [6, 6.07) is 10.4. The normalized spacial score (nSPS) is 20.0. The van der Waals surface area contributed by atoms with Crippen LogP contribution in [0.15, 0.2) is 36.4 Å². The minimum atomic E-state index is -0.523. The topological polar surface area (TPSA) is 109 Å². The Morgan fingerprint density at radius 1 is 1.02 bits per heavy atom. The monoisotopic (exact) mass is 575 g/mol. The Labute approximate surface area is 246 Å². The molecule has 0 atom stereocenters. The first-order valence-corrected chi connectivity index (χ1v) is 15.0. The van der Waals surface area contributed by atoms with E-state index in [1.54, 1.807) is 16.7 Å². The van der Waals surface area contributed by atoms with Gasteiger partial charge in [0, 0.05) is 40.8 Å². The summed E-state index contributed by atoms with van der Waals surface area (Å²) in [6.07, 6.45) is 6.23. The minimum Gasteiger partial charge on any atom is -0.382 e. The first-order chi connectivity index (χ1) is 20.0. The van der Waals surface area contributed by atoms with E-state index in [4.69, 9.17) is 5.73 Å². The molecule has 0 saturated heterocycles. The molecule has 2 aromatic carbocycles. The number of nitrogens with two attached hydrogens (primary N) is 1. The molecule has 4 N–H and O–H groups in total. The van der Waals surface area contributed by atoms with E-state index in [0.717, 1.165) is 60.7 Å². The van der Waals surface area contributed by atoms with Crippen molar-refractivity contribution in [1.82, 2.24) is 14.8 Å². The van der Waals surface area contributed by atoms with Gasteiger partial charge in [-0.15, -0.1) is 0 Å². The van der Waals surface area contributed by atoms with Crippen molar-refractivity contribution >= 4 is 34.3 Å². The van der Waals surface area contributed by atoms with Gasteiger partial charge in [-0.05, 0) is 100 Å². The van der Waals surface area contributed by atoms with Gasteiger partial charge in [-0.25, -0.2) is 4.39 Å². The highest BCUT2D eigenvalue weighted by Gasteiger charge is 2.39. The zero-order valence-corrected chi connectivity index (χ0v) is 25.1. The first kappa shape index (κ1) is 29.8. The van der Waals surface area contributed by atoms with Gasteiger partial charge < -0.3 is 21.3 Å². The van der Waals surface area contributed by atoms with Crippen LogP contribution in [0.1, 0.15) is 79.6 Å². The van der Waals surface area contributed by atoms with Crippen LogP contribution in [0.2, 0.25) is 0 Å². The van der Waals surface area contributed by atoms with Gasteiger partial charge in [-0.2, -0.15) is 0 Å². The summed E-state index contributed by atoms with van der Waals surface area (Å²) in [5.41, 5.74) is 9.91. The fourth-order valence-electron chi connectivity index (χ4n) is 6.85. The van der Waals surface area contributed by atoms with Crippen LogP contribution in [0, 0.1) is 11.2 Å². The molecule has 1 fully saturated rings. The highest BCUT2D eigenvalue weighted by atomic mass is 19.1. The van der Waals surface area contributed by atoms with E-state index >= 15 is 0 Å². The molecule has 0 bridgehead atoms. The summed E-state index contributed by atoms with van der Waals surface area (Å²) in [6.45, 7) is 4.61. The lowest BCUT2D eigenvalue weighted by Crippen LogP contribution is -2.43. The van der Waals surface area contributed by atoms with Crippen molar-refractivity contribution in [3.63, 3.8) is 0 Å². The molecule has 3 aromatic rings. The quantitative estimate of drug-likeness (QED) is 0.319. The number of aromatic nitrogens is 1. The third-order valence-electron chi connectivity index (χ3n) is 9.33. The molecule has 1 aromatic heterocycles. The van der Waals surface area contributed by atoms with Crippen molar-refractivity contribution in [1.29, 1.82) is 0 Å². The Bertz CT molecular complexity index is 1520. The zero-order chi connectivity index (χ0) is 30.2. The number of rotatable bonds is 9. The number of nitrogens with one attached hydrogen (secondary N) is 2. The Kier molecular flexibility index (Phi) is 8.42. The molecule has 0 spiro atoms. The summed E-state index contributed by atoms with van der Waals surface area (Å²) in [5, 5.41) is 7.51. The number of likely N-dealkylation sites (N-methyl/N-ethyl adjacent to an activating group) is 1. The second-order valence-electron chi connectivity index (χ2n) is 12.4. The molecule has 1 saturated carbocycles. The predicted octanol–water partition coefficient (Wildman–Crippen LogP) is 5.34. The molecule has 2 amide bonds. The molecule has 42 heavy (non-hydrogen) atoms. The van der Waals surface area contributed by atoms with E-state index in [0.29, 0.717) is 36.2 Å². The molecular weight excluding hydrogens is 533 g/mol. The molecule has 0 unspecified atom stereocenters. The number of primary amides is 1. The van der Waals surface area contributed by atoms with Gasteiger partial charge in [0.25, 0.3) is 5.91 Å². The second kappa shape index (κ2) is 11.9. The SMILES string of the molecule is CCC1(CC)CC(=O)n2c(c(-c3ccc(C(N)=O)c(NC4CCC(NC(=O)CN(C)C)CC4)c3)c3ccc(F)cc32)C1. The van der Waals surface area contributed by atoms with Crippen LogP contribution in [0.25, 0.3) is 22.0 Å². The van der Waals surface area contributed by atoms with E-state index in [-0.39, 0.29) is 35.1 Å². The minimum absolute atomic E-state index is 0.0108. The molecule has 9 heteroatoms. The van der Waals surface area contributed by atoms with E-state index < -0.39 is 5.91 Å². The van der Waals surface area contributed by atoms with Crippen molar-refractivity contribution in [3.8, 4) is 11.1 Å². The van der Waals surface area contributed by atoms with E-state index in [1.807, 2.05) is 31.1 Å². The maximum atomic E-state index is 14.4. The molecule has 1 aliphatic carbocycles. The first-order valence-electron chi connectivity index (χ1n) is 15.0. The van der Waals surface area contributed by atoms with Crippen LogP contribution in [0.4, 0.5) is 10.1 Å². The Morgan fingerprint density at radius 3 is 2.36 bits per heavy atom. The summed E-state index contributed by atoms with van der Waals surface area (Å²) in [5.74, 6) is -0.893. The van der Waals surface area contributed by atoms with Crippen molar-refractivity contribution in [2.24, 2.45) is 11.1 Å². The van der Waals surface area contributed by atoms with Crippen LogP contribution in [0.3, 0.4) is 0 Å². The molecule has 8 nitrogen and oxygen atoms in total. The van der Waals surface area contributed by atoms with Crippen LogP contribution in [-0.4, -0.2) is 59.9 Å². The molecule has 5 rings (SSSR count). The number of hydrogen-bond acceptors (Lipinski definition) is 5. The van der Waals surface area contributed by atoms with Gasteiger partial charge in [0.1, 0.15) is 5.82 Å². The largest absolute Gasteiger partial charge is 0.382 e. The molecule has 1 aliphatic heterocycles. The van der Waals surface area contributed by atoms with Gasteiger partial charge in [0.2, 0.25) is 11.8 Å². The lowest BCUT2D eigenvalue weighted by molar-refractivity contribution is -0.122. The van der Waals surface area contributed by atoms with Crippen LogP contribution in [0.5, 0.6) is 0 Å². The Hall–Kier alpha value is -3.72. The smallest absolute Gasteiger partial charge is 0.250 e. The number of nitrogens with zero attached hydrogens (tertiary/aromatic N) is 2. The maximum Gasteiger partial charge on any atom is 0.250 e. The molecule has 224 valence electrons. The molecule has 2 heterocycles. The van der Waals surface area contributed by atoms with Gasteiger partial charge in [-0.1, -0.05) is 19.9 Å². The number of hydrogen-bond donors (Lipinski definition) is 3. The second-order valence-corrected chi connectivity index (χ2v) is 12.4. The average Bonchev–Trinajstić information content (AvgIpc) is 3.26. The third-order valence-corrected chi connectivity index (χ3v) is 9.33. The maximum absolute atomic E-state index is 14.4. The Morgan fingerprint density at radius 2 is 1.71 bits per heavy atom. The van der Waals surface area contributed by atoms with Gasteiger partial charge in [0.15, 0.2) is 0 Å². The standard InChI is InChI=1S/C33H42FN5O3/c1-5-33(6-2)17-28-31(25-14-8-21(34)16-27(25)39(28)30(41)18-33)20-7-13-24(32(35)42)26(15-20)36-22-9-11-23(12-10-22)37-29(40)19-38(3)4/h7-8,13-16,22-23,36H,5-6,9-12,17-19H2,1-4H3,(H2,35,42)(H,37,40). The van der Waals surface area contributed by atoms with Crippen molar-refractivity contribution in [2.45, 2.75) is 77.3 Å². The number of carbonyl (C=O) groups excluding carboxylic acids is 3. The van der Waals surface area contributed by atoms with Crippen LogP contribution >= 0.6 is 0 Å². The van der Waals surface area contributed by atoms with Crippen LogP contribution in [-0.2, 0) is 11.2 Å². The third kappa shape index (κ3) is 5.79. The predicted molar refractivity (Wildman–Crippen MR) is 164 cm³/mol. The fraction of sp³-hybridized carbons (Fsp3) is 0.485. The number of anilines is 1. The number of fused-ring (bicyclic) bond motifs is 3. The van der Waals surface area contributed by atoms with Gasteiger partial charge >= 0.3 is 0 Å². The summed E-state index contributed by atoms with van der Waals surface area (Å²) in [4.78, 5) is 40.1. The summed E-state index contributed by atoms with van der Waals surface area (Å²) >= 11 is 0. The highest BCUT2D eigenvalue weighted by Crippen LogP contribution is 2.46. The van der Waals surface area contributed by atoms with Crippen molar-refractivity contribution < 1.29 is 18.8 Å². The van der Waals surface area contributed by atoms with E-state index in [2.05, 4.69) is 24.5 Å². The van der Waals surface area contributed by atoms with E-state index in [1.165, 1.54) is 12.1 Å². The lowest BCUT2D eigenvalue weighted by atomic mass is 9.72.